The molecule has 0 aromatic carbocycles. The number of unbranched alkanes of at least 4 members (excludes halogenated alkanes) is 1. The third kappa shape index (κ3) is 5.70. The third-order valence-electron chi connectivity index (χ3n) is 0.870. The summed E-state index contributed by atoms with van der Waals surface area (Å²) in [6.07, 6.45) is 5.77. The summed E-state index contributed by atoms with van der Waals surface area (Å²) >= 11 is 0. The molecule has 0 aliphatic heterocycles. The van der Waals surface area contributed by atoms with Gasteiger partial charge in [-0.15, -0.1) is 0 Å². The number of hydrogen-bond acceptors (Lipinski definition) is 1. The minimum Gasteiger partial charge on any atom is -0.389 e. The van der Waals surface area contributed by atoms with Crippen LogP contribution in [0.5, 0.6) is 0 Å². The molecule has 0 bridgehead atoms. The molecule has 0 saturated carbocycles. The van der Waals surface area contributed by atoms with Gasteiger partial charge < -0.3 is 5.11 Å². The number of aliphatic hydroxyl groups excluding tert-OH is 1. The third-order valence-corrected chi connectivity index (χ3v) is 0.870. The van der Waals surface area contributed by atoms with E-state index in [2.05, 4.69) is 6.92 Å². The highest BCUT2D eigenvalue weighted by Crippen LogP contribution is 1.90. The van der Waals surface area contributed by atoms with Crippen molar-refractivity contribution in [2.45, 2.75) is 32.8 Å². The predicted molar refractivity (Wildman–Crippen MR) is 35.7 cm³/mol. The van der Waals surface area contributed by atoms with E-state index in [1.807, 2.05) is 12.2 Å². The van der Waals surface area contributed by atoms with Gasteiger partial charge in [0.2, 0.25) is 0 Å². The van der Waals surface area contributed by atoms with Gasteiger partial charge in [-0.3, -0.25) is 0 Å². The molecule has 0 fully saturated rings. The predicted octanol–water partition coefficient (Wildman–Crippen LogP) is 1.72. The van der Waals surface area contributed by atoms with Gasteiger partial charge in [0.05, 0.1) is 6.10 Å². The smallest absolute Gasteiger partial charge is 0.0692 e. The van der Waals surface area contributed by atoms with Crippen molar-refractivity contribution < 1.29 is 5.11 Å². The lowest BCUT2D eigenvalue weighted by atomic mass is 10.3. The highest BCUT2D eigenvalue weighted by atomic mass is 16.3. The van der Waals surface area contributed by atoms with E-state index >= 15 is 0 Å². The zero-order valence-corrected chi connectivity index (χ0v) is 5.59. The van der Waals surface area contributed by atoms with Crippen LogP contribution in [-0.2, 0) is 0 Å². The van der Waals surface area contributed by atoms with E-state index in [9.17, 15) is 0 Å². The van der Waals surface area contributed by atoms with Crippen LogP contribution in [0.3, 0.4) is 0 Å². The van der Waals surface area contributed by atoms with Crippen LogP contribution in [0.1, 0.15) is 26.7 Å². The minimum atomic E-state index is -0.276. The zero-order chi connectivity index (χ0) is 6.41. The van der Waals surface area contributed by atoms with Crippen molar-refractivity contribution >= 4 is 0 Å². The van der Waals surface area contributed by atoms with E-state index in [0.717, 1.165) is 12.8 Å². The summed E-state index contributed by atoms with van der Waals surface area (Å²) in [5, 5.41) is 8.69. The average Bonchev–Trinajstić information content (AvgIpc) is 1.66. The minimum absolute atomic E-state index is 0.276. The average molecular weight is 114 g/mol. The number of rotatable bonds is 3. The van der Waals surface area contributed by atoms with Crippen LogP contribution in [0.2, 0.25) is 0 Å². The Morgan fingerprint density at radius 3 is 2.62 bits per heavy atom. The fraction of sp³-hybridized carbons (Fsp3) is 0.714. The summed E-state index contributed by atoms with van der Waals surface area (Å²) in [7, 11) is 0. The molecule has 1 nitrogen and oxygen atoms in total. The fourth-order valence-electron chi connectivity index (χ4n) is 0.460. The molecular weight excluding hydrogens is 100 g/mol. The summed E-state index contributed by atoms with van der Waals surface area (Å²) in [5.74, 6) is 0. The maximum absolute atomic E-state index is 8.69. The van der Waals surface area contributed by atoms with Gasteiger partial charge in [0.15, 0.2) is 0 Å². The van der Waals surface area contributed by atoms with E-state index in [4.69, 9.17) is 5.11 Å². The van der Waals surface area contributed by atoms with Gasteiger partial charge in [0.25, 0.3) is 0 Å². The molecule has 0 heterocycles. The van der Waals surface area contributed by atoms with Gasteiger partial charge in [-0.05, 0) is 13.3 Å². The van der Waals surface area contributed by atoms with E-state index < -0.39 is 0 Å². The van der Waals surface area contributed by atoms with Crippen LogP contribution < -0.4 is 0 Å². The number of hydrogen-bond donors (Lipinski definition) is 1. The van der Waals surface area contributed by atoms with Crippen LogP contribution in [0.15, 0.2) is 12.2 Å². The molecule has 0 aliphatic carbocycles. The highest BCUT2D eigenvalue weighted by Gasteiger charge is 1.81. The Hall–Kier alpha value is -0.300. The van der Waals surface area contributed by atoms with Crippen LogP contribution in [0.4, 0.5) is 0 Å². The monoisotopic (exact) mass is 114 g/mol. The Labute approximate surface area is 51.0 Å². The molecule has 0 unspecified atom stereocenters. The van der Waals surface area contributed by atoms with Gasteiger partial charge in [-0.25, -0.2) is 0 Å². The lowest BCUT2D eigenvalue weighted by molar-refractivity contribution is 0.244. The Bertz CT molecular complexity index is 64.8. The first-order chi connectivity index (χ1) is 3.77. The summed E-state index contributed by atoms with van der Waals surface area (Å²) in [6, 6.07) is 0. The van der Waals surface area contributed by atoms with Gasteiger partial charge in [-0.2, -0.15) is 0 Å². The summed E-state index contributed by atoms with van der Waals surface area (Å²) < 4.78 is 0. The van der Waals surface area contributed by atoms with E-state index in [-0.39, 0.29) is 6.10 Å². The van der Waals surface area contributed by atoms with E-state index in [0.29, 0.717) is 0 Å². The molecule has 1 N–H and O–H groups in total. The fourth-order valence-corrected chi connectivity index (χ4v) is 0.460. The van der Waals surface area contributed by atoms with Crippen molar-refractivity contribution in [3.63, 3.8) is 0 Å². The molecule has 0 aromatic rings. The molecule has 0 aromatic heterocycles. The van der Waals surface area contributed by atoms with E-state index in [1.54, 1.807) is 6.92 Å². The SMILES string of the molecule is CCCC=C[C@@H](C)O. The molecule has 0 spiro atoms. The highest BCUT2D eigenvalue weighted by molar-refractivity contribution is 4.85. The van der Waals surface area contributed by atoms with Crippen LogP contribution in [0.25, 0.3) is 0 Å². The van der Waals surface area contributed by atoms with Crippen molar-refractivity contribution in [2.24, 2.45) is 0 Å². The standard InChI is InChI=1S/C7H14O/c1-3-4-5-6-7(2)8/h5-8H,3-4H2,1-2H3/t7-/m1/s1. The van der Waals surface area contributed by atoms with Crippen molar-refractivity contribution in [3.05, 3.63) is 12.2 Å². The second-order valence-electron chi connectivity index (χ2n) is 1.96. The Morgan fingerprint density at radius 1 is 1.62 bits per heavy atom. The van der Waals surface area contributed by atoms with Gasteiger partial charge >= 0.3 is 0 Å². The van der Waals surface area contributed by atoms with Gasteiger partial charge in [0, 0.05) is 0 Å². The molecular formula is C7H14O. The van der Waals surface area contributed by atoms with E-state index in [1.165, 1.54) is 0 Å². The topological polar surface area (TPSA) is 20.2 Å². The molecule has 0 radical (unpaired) electrons. The summed E-state index contributed by atoms with van der Waals surface area (Å²) in [5.41, 5.74) is 0. The number of allylic oxidation sites excluding steroid dienone is 1. The van der Waals surface area contributed by atoms with Crippen LogP contribution >= 0.6 is 0 Å². The lowest BCUT2D eigenvalue weighted by Gasteiger charge is -1.90. The molecule has 8 heavy (non-hydrogen) atoms. The second-order valence-corrected chi connectivity index (χ2v) is 1.96. The molecule has 1 atom stereocenters. The first-order valence-electron chi connectivity index (χ1n) is 3.12. The Morgan fingerprint density at radius 2 is 2.25 bits per heavy atom. The molecule has 0 aliphatic rings. The first-order valence-corrected chi connectivity index (χ1v) is 3.12. The zero-order valence-electron chi connectivity index (χ0n) is 5.59. The van der Waals surface area contributed by atoms with Crippen molar-refractivity contribution in [2.75, 3.05) is 0 Å². The summed E-state index contributed by atoms with van der Waals surface area (Å²) in [6.45, 7) is 3.87. The largest absolute Gasteiger partial charge is 0.389 e. The van der Waals surface area contributed by atoms with Crippen LogP contribution in [-0.4, -0.2) is 11.2 Å². The van der Waals surface area contributed by atoms with Crippen molar-refractivity contribution in [1.29, 1.82) is 0 Å². The van der Waals surface area contributed by atoms with Crippen LogP contribution in [0, 0.1) is 0 Å². The maximum atomic E-state index is 8.69. The molecule has 0 amide bonds. The second kappa shape index (κ2) is 4.85. The Balaban J connectivity index is 3.07. The first kappa shape index (κ1) is 7.70. The molecule has 48 valence electrons. The van der Waals surface area contributed by atoms with Crippen molar-refractivity contribution in [1.82, 2.24) is 0 Å². The molecule has 0 saturated heterocycles. The molecule has 0 rings (SSSR count). The molecule has 1 heteroatoms. The van der Waals surface area contributed by atoms with Gasteiger partial charge in [-0.1, -0.05) is 25.5 Å². The summed E-state index contributed by atoms with van der Waals surface area (Å²) in [4.78, 5) is 0. The van der Waals surface area contributed by atoms with Crippen molar-refractivity contribution in [3.8, 4) is 0 Å². The Kier molecular flexibility index (Phi) is 4.67. The maximum Gasteiger partial charge on any atom is 0.0692 e. The number of aliphatic hydroxyl groups is 1. The quantitative estimate of drug-likeness (QED) is 0.554. The van der Waals surface area contributed by atoms with Gasteiger partial charge in [0.1, 0.15) is 0 Å². The lowest BCUT2D eigenvalue weighted by Crippen LogP contribution is -1.90. The normalized spacial score (nSPS) is 14.9.